The van der Waals surface area contributed by atoms with E-state index >= 15 is 0 Å². The van der Waals surface area contributed by atoms with Gasteiger partial charge in [-0.25, -0.2) is 14.5 Å². The molecule has 1 aromatic carbocycles. The Morgan fingerprint density at radius 2 is 2.17 bits per heavy atom. The van der Waals surface area contributed by atoms with Gasteiger partial charge in [0.05, 0.1) is 10.4 Å². The third-order valence-electron chi connectivity index (χ3n) is 3.90. The van der Waals surface area contributed by atoms with Crippen LogP contribution in [0.25, 0.3) is 16.6 Å². The third-order valence-corrected chi connectivity index (χ3v) is 3.90. The maximum Gasteiger partial charge on any atom is 0.307 e. The molecule has 0 N–H and O–H groups in total. The quantitative estimate of drug-likeness (QED) is 0.422. The van der Waals surface area contributed by atoms with Gasteiger partial charge in [-0.3, -0.25) is 14.8 Å². The average Bonchev–Trinajstić information content (AvgIpc) is 3.23. The van der Waals surface area contributed by atoms with E-state index in [-0.39, 0.29) is 11.7 Å². The van der Waals surface area contributed by atoms with E-state index in [1.54, 1.807) is 10.8 Å². The molecule has 0 amide bonds. The van der Waals surface area contributed by atoms with Crippen LogP contribution in [0.5, 0.6) is 0 Å². The maximum absolute atomic E-state index is 10.9. The van der Waals surface area contributed by atoms with Crippen molar-refractivity contribution in [1.82, 2.24) is 29.4 Å². The Kier molecular flexibility index (Phi) is 3.19. The second-order valence-corrected chi connectivity index (χ2v) is 5.36. The minimum Gasteiger partial charge on any atom is -0.258 e. The van der Waals surface area contributed by atoms with Crippen LogP contribution in [0.15, 0.2) is 43.0 Å². The third kappa shape index (κ3) is 2.18. The molecule has 0 unspecified atom stereocenters. The van der Waals surface area contributed by atoms with E-state index in [9.17, 15) is 10.1 Å². The molecule has 0 aliphatic rings. The van der Waals surface area contributed by atoms with Crippen molar-refractivity contribution in [3.05, 3.63) is 58.9 Å². The molecule has 3 aromatic heterocycles. The van der Waals surface area contributed by atoms with E-state index in [4.69, 9.17) is 0 Å². The van der Waals surface area contributed by atoms with E-state index in [2.05, 4.69) is 20.2 Å². The summed E-state index contributed by atoms with van der Waals surface area (Å²) in [5, 5.41) is 20.3. The van der Waals surface area contributed by atoms with Crippen molar-refractivity contribution >= 4 is 22.2 Å². The highest BCUT2D eigenvalue weighted by molar-refractivity contribution is 5.90. The molecule has 1 atom stereocenters. The van der Waals surface area contributed by atoms with Gasteiger partial charge in [0.25, 0.3) is 0 Å². The molecule has 3 heterocycles. The molecule has 0 spiro atoms. The van der Waals surface area contributed by atoms with E-state index in [1.807, 2.05) is 31.2 Å². The van der Waals surface area contributed by atoms with Gasteiger partial charge in [-0.1, -0.05) is 19.1 Å². The fourth-order valence-electron chi connectivity index (χ4n) is 2.72. The Bertz CT molecular complexity index is 1050. The van der Waals surface area contributed by atoms with Crippen LogP contribution in [0.1, 0.15) is 25.2 Å². The van der Waals surface area contributed by atoms with Crippen molar-refractivity contribution in [1.29, 1.82) is 0 Å². The number of rotatable bonds is 4. The lowest BCUT2D eigenvalue weighted by Gasteiger charge is -2.10. The number of nitrogens with zero attached hydrogens (tertiary/aromatic N) is 7. The number of aromatic nitrogens is 6. The van der Waals surface area contributed by atoms with Crippen LogP contribution < -0.4 is 0 Å². The molecule has 4 aromatic rings. The van der Waals surface area contributed by atoms with Crippen molar-refractivity contribution in [3.8, 4) is 0 Å². The fourth-order valence-corrected chi connectivity index (χ4v) is 2.72. The first-order valence-electron chi connectivity index (χ1n) is 7.46. The molecule has 9 nitrogen and oxygen atoms in total. The van der Waals surface area contributed by atoms with Crippen molar-refractivity contribution in [2.75, 3.05) is 0 Å². The smallest absolute Gasteiger partial charge is 0.258 e. The molecule has 0 radical (unpaired) electrons. The first-order chi connectivity index (χ1) is 11.7. The number of fused-ring (bicyclic) bond motifs is 3. The van der Waals surface area contributed by atoms with Gasteiger partial charge in [0, 0.05) is 5.39 Å². The molecule has 0 aliphatic heterocycles. The summed E-state index contributed by atoms with van der Waals surface area (Å²) in [6.45, 7) is 1.96. The number of nitro groups is 1. The van der Waals surface area contributed by atoms with E-state index < -0.39 is 4.92 Å². The Morgan fingerprint density at radius 1 is 1.33 bits per heavy atom. The molecule has 0 bridgehead atoms. The Morgan fingerprint density at radius 3 is 2.92 bits per heavy atom. The molecular formula is C15H13N7O2. The van der Waals surface area contributed by atoms with Gasteiger partial charge in [-0.2, -0.15) is 5.10 Å². The predicted molar refractivity (Wildman–Crippen MR) is 85.6 cm³/mol. The number of para-hydroxylation sites is 1. The van der Waals surface area contributed by atoms with Gasteiger partial charge in [0.15, 0.2) is 11.5 Å². The minimum absolute atomic E-state index is 0.0515. The molecule has 0 fully saturated rings. The normalized spacial score (nSPS) is 12.7. The highest BCUT2D eigenvalue weighted by Crippen LogP contribution is 2.23. The summed E-state index contributed by atoms with van der Waals surface area (Å²) in [5.41, 5.74) is 1.49. The van der Waals surface area contributed by atoms with Gasteiger partial charge in [-0.15, -0.1) is 5.10 Å². The lowest BCUT2D eigenvalue weighted by molar-refractivity contribution is -0.385. The zero-order chi connectivity index (χ0) is 16.7. The van der Waals surface area contributed by atoms with Crippen molar-refractivity contribution < 1.29 is 4.92 Å². The zero-order valence-electron chi connectivity index (χ0n) is 12.8. The number of hydrogen-bond donors (Lipinski definition) is 0. The van der Waals surface area contributed by atoms with Crippen LogP contribution >= 0.6 is 0 Å². The summed E-state index contributed by atoms with van der Waals surface area (Å²) in [7, 11) is 0. The largest absolute Gasteiger partial charge is 0.307 e. The summed E-state index contributed by atoms with van der Waals surface area (Å²) in [4.78, 5) is 19.4. The lowest BCUT2D eigenvalue weighted by Crippen LogP contribution is -2.12. The molecule has 0 saturated carbocycles. The van der Waals surface area contributed by atoms with E-state index in [0.717, 1.165) is 10.9 Å². The highest BCUT2D eigenvalue weighted by atomic mass is 16.6. The maximum atomic E-state index is 10.9. The van der Waals surface area contributed by atoms with Gasteiger partial charge < -0.3 is 0 Å². The monoisotopic (exact) mass is 323 g/mol. The molecule has 24 heavy (non-hydrogen) atoms. The molecular weight excluding hydrogens is 310 g/mol. The second kappa shape index (κ2) is 5.37. The second-order valence-electron chi connectivity index (χ2n) is 5.36. The summed E-state index contributed by atoms with van der Waals surface area (Å²) >= 11 is 0. The highest BCUT2D eigenvalue weighted by Gasteiger charge is 2.21. The predicted octanol–water partition coefficient (Wildman–Crippen LogP) is 2.38. The van der Waals surface area contributed by atoms with Crippen LogP contribution in [0, 0.1) is 10.1 Å². The van der Waals surface area contributed by atoms with Gasteiger partial charge in [0.2, 0.25) is 0 Å². The van der Waals surface area contributed by atoms with Crippen molar-refractivity contribution in [2.24, 2.45) is 0 Å². The number of benzene rings is 1. The van der Waals surface area contributed by atoms with Crippen LogP contribution in [0.4, 0.5) is 5.69 Å². The SMILES string of the molecule is CC[C@@H](c1nc2c3ccccc3ncn2n1)n1cc([N+](=O)[O-])cn1. The van der Waals surface area contributed by atoms with Gasteiger partial charge >= 0.3 is 5.69 Å². The minimum atomic E-state index is -0.468. The summed E-state index contributed by atoms with van der Waals surface area (Å²) in [5.74, 6) is 0.550. The van der Waals surface area contributed by atoms with Gasteiger partial charge in [0.1, 0.15) is 24.8 Å². The van der Waals surface area contributed by atoms with Crippen LogP contribution in [0.3, 0.4) is 0 Å². The van der Waals surface area contributed by atoms with Crippen molar-refractivity contribution in [3.63, 3.8) is 0 Å². The Hall–Kier alpha value is -3.36. The molecule has 4 rings (SSSR count). The summed E-state index contributed by atoms with van der Waals surface area (Å²) in [6.07, 6.45) is 4.90. The fraction of sp³-hybridized carbons (Fsp3) is 0.200. The van der Waals surface area contributed by atoms with E-state index in [1.165, 1.54) is 17.1 Å². The Labute approximate surface area is 135 Å². The van der Waals surface area contributed by atoms with Crippen LogP contribution in [0.2, 0.25) is 0 Å². The average molecular weight is 323 g/mol. The molecule has 120 valence electrons. The molecule has 0 saturated heterocycles. The lowest BCUT2D eigenvalue weighted by atomic mass is 10.2. The van der Waals surface area contributed by atoms with Crippen molar-refractivity contribution in [2.45, 2.75) is 19.4 Å². The summed E-state index contributed by atoms with van der Waals surface area (Å²) in [6, 6.07) is 7.42. The van der Waals surface area contributed by atoms with E-state index in [0.29, 0.717) is 17.9 Å². The van der Waals surface area contributed by atoms with Crippen LogP contribution in [-0.2, 0) is 0 Å². The standard InChI is InChI=1S/C15H13N7O2/c1-2-13(20-8-10(7-17-20)22(23)24)14-18-15-11-5-3-4-6-12(11)16-9-21(15)19-14/h3-9,13H,2H2,1H3/t13-/m0/s1. The Balaban J connectivity index is 1.84. The molecule has 0 aliphatic carbocycles. The first-order valence-corrected chi connectivity index (χ1v) is 7.46. The van der Waals surface area contributed by atoms with Crippen LogP contribution in [-0.4, -0.2) is 34.3 Å². The topological polar surface area (TPSA) is 104 Å². The molecule has 9 heteroatoms. The van der Waals surface area contributed by atoms with Gasteiger partial charge in [-0.05, 0) is 18.6 Å². The summed E-state index contributed by atoms with van der Waals surface area (Å²) < 4.78 is 3.15. The number of hydrogen-bond acceptors (Lipinski definition) is 6. The first kappa shape index (κ1) is 14.2. The zero-order valence-corrected chi connectivity index (χ0v) is 12.8.